The molecule has 30 heavy (non-hydrogen) atoms. The predicted molar refractivity (Wildman–Crippen MR) is 118 cm³/mol. The van der Waals surface area contributed by atoms with Crippen molar-refractivity contribution in [2.45, 2.75) is 38.3 Å². The SMILES string of the molecule is CC(C)c1ccc(CN2C(=O)N[C@](Cc3ccccc3)(c3ccccc3)C2=O)cc1. The summed E-state index contributed by atoms with van der Waals surface area (Å²) in [6.07, 6.45) is 0.408. The van der Waals surface area contributed by atoms with Gasteiger partial charge in [0.2, 0.25) is 0 Å². The first kappa shape index (κ1) is 19.9. The van der Waals surface area contributed by atoms with E-state index in [-0.39, 0.29) is 18.5 Å². The fraction of sp³-hybridized carbons (Fsp3) is 0.231. The highest BCUT2D eigenvalue weighted by atomic mass is 16.2. The molecule has 3 aromatic carbocycles. The molecule has 0 saturated carbocycles. The van der Waals surface area contributed by atoms with Crippen LogP contribution >= 0.6 is 0 Å². The van der Waals surface area contributed by atoms with E-state index in [0.29, 0.717) is 12.3 Å². The Morgan fingerprint density at radius 2 is 1.40 bits per heavy atom. The topological polar surface area (TPSA) is 49.4 Å². The molecule has 3 aromatic rings. The van der Waals surface area contributed by atoms with Crippen LogP contribution in [0.5, 0.6) is 0 Å². The van der Waals surface area contributed by atoms with Crippen LogP contribution in [0, 0.1) is 0 Å². The molecular formula is C26H26N2O2. The fourth-order valence-electron chi connectivity index (χ4n) is 4.00. The van der Waals surface area contributed by atoms with Gasteiger partial charge in [0.05, 0.1) is 6.54 Å². The standard InChI is InChI=1S/C26H26N2O2/c1-19(2)22-15-13-21(14-16-22)18-28-24(29)26(27-25(28)30,23-11-7-4-8-12-23)17-20-9-5-3-6-10-20/h3-16,19H,17-18H2,1-2H3,(H,27,30)/t26-/m1/s1. The van der Waals surface area contributed by atoms with E-state index in [1.54, 1.807) is 0 Å². The van der Waals surface area contributed by atoms with Crippen molar-refractivity contribution >= 4 is 11.9 Å². The molecule has 0 unspecified atom stereocenters. The summed E-state index contributed by atoms with van der Waals surface area (Å²) >= 11 is 0. The minimum atomic E-state index is -1.10. The molecule has 1 atom stereocenters. The lowest BCUT2D eigenvalue weighted by Crippen LogP contribution is -2.46. The lowest BCUT2D eigenvalue weighted by Gasteiger charge is -2.27. The molecule has 0 bridgehead atoms. The van der Waals surface area contributed by atoms with Gasteiger partial charge in [-0.2, -0.15) is 0 Å². The van der Waals surface area contributed by atoms with Gasteiger partial charge in [0.25, 0.3) is 5.91 Å². The molecule has 0 aromatic heterocycles. The number of nitrogens with one attached hydrogen (secondary N) is 1. The molecule has 0 spiro atoms. The molecule has 152 valence electrons. The van der Waals surface area contributed by atoms with Crippen molar-refractivity contribution in [2.24, 2.45) is 0 Å². The lowest BCUT2D eigenvalue weighted by molar-refractivity contribution is -0.132. The molecule has 1 aliphatic rings. The van der Waals surface area contributed by atoms with E-state index in [1.807, 2.05) is 72.8 Å². The van der Waals surface area contributed by atoms with Crippen LogP contribution < -0.4 is 5.32 Å². The van der Waals surface area contributed by atoms with Gasteiger partial charge in [-0.25, -0.2) is 4.79 Å². The number of hydrogen-bond donors (Lipinski definition) is 1. The van der Waals surface area contributed by atoms with E-state index in [9.17, 15) is 9.59 Å². The maximum Gasteiger partial charge on any atom is 0.325 e. The number of amides is 3. The lowest BCUT2D eigenvalue weighted by atomic mass is 9.83. The van der Waals surface area contributed by atoms with E-state index in [4.69, 9.17) is 0 Å². The van der Waals surface area contributed by atoms with Crippen molar-refractivity contribution in [2.75, 3.05) is 0 Å². The quantitative estimate of drug-likeness (QED) is 0.594. The third-order valence-corrected chi connectivity index (χ3v) is 5.74. The zero-order chi connectivity index (χ0) is 21.1. The number of carbonyl (C=O) groups is 2. The van der Waals surface area contributed by atoms with Gasteiger partial charge in [-0.15, -0.1) is 0 Å². The van der Waals surface area contributed by atoms with Crippen molar-refractivity contribution < 1.29 is 9.59 Å². The van der Waals surface area contributed by atoms with Crippen molar-refractivity contribution in [1.29, 1.82) is 0 Å². The molecule has 0 aliphatic carbocycles. The number of nitrogens with zero attached hydrogens (tertiary/aromatic N) is 1. The second-order valence-electron chi connectivity index (χ2n) is 8.15. The van der Waals surface area contributed by atoms with Gasteiger partial charge in [0.15, 0.2) is 5.54 Å². The van der Waals surface area contributed by atoms with Crippen molar-refractivity contribution in [1.82, 2.24) is 10.2 Å². The van der Waals surface area contributed by atoms with Crippen molar-refractivity contribution in [3.05, 3.63) is 107 Å². The Morgan fingerprint density at radius 1 is 0.800 bits per heavy atom. The second-order valence-corrected chi connectivity index (χ2v) is 8.15. The third-order valence-electron chi connectivity index (χ3n) is 5.74. The van der Waals surface area contributed by atoms with Crippen LogP contribution in [0.4, 0.5) is 4.79 Å². The minimum Gasteiger partial charge on any atom is -0.319 e. The highest BCUT2D eigenvalue weighted by Crippen LogP contribution is 2.33. The van der Waals surface area contributed by atoms with Gasteiger partial charge in [0.1, 0.15) is 0 Å². The van der Waals surface area contributed by atoms with Gasteiger partial charge in [-0.3, -0.25) is 9.69 Å². The molecule has 4 nitrogen and oxygen atoms in total. The summed E-state index contributed by atoms with van der Waals surface area (Å²) in [5.41, 5.74) is 2.87. The van der Waals surface area contributed by atoms with Crippen LogP contribution in [-0.2, 0) is 23.3 Å². The van der Waals surface area contributed by atoms with E-state index in [1.165, 1.54) is 10.5 Å². The van der Waals surface area contributed by atoms with Crippen LogP contribution in [0.25, 0.3) is 0 Å². The molecule has 0 radical (unpaired) electrons. The number of carbonyl (C=O) groups excluding carboxylic acids is 2. The Hall–Kier alpha value is -3.40. The van der Waals surface area contributed by atoms with Gasteiger partial charge < -0.3 is 5.32 Å². The first-order valence-corrected chi connectivity index (χ1v) is 10.3. The average molecular weight is 399 g/mol. The molecule has 1 aliphatic heterocycles. The molecule has 4 heteroatoms. The number of imide groups is 1. The zero-order valence-corrected chi connectivity index (χ0v) is 17.3. The van der Waals surface area contributed by atoms with E-state index >= 15 is 0 Å². The number of rotatable bonds is 6. The van der Waals surface area contributed by atoms with Gasteiger partial charge in [0, 0.05) is 6.42 Å². The molecule has 1 fully saturated rings. The van der Waals surface area contributed by atoms with E-state index in [0.717, 1.165) is 16.7 Å². The third kappa shape index (κ3) is 3.73. The van der Waals surface area contributed by atoms with Crippen LogP contribution in [0.15, 0.2) is 84.9 Å². The molecule has 3 amide bonds. The summed E-state index contributed by atoms with van der Waals surface area (Å²) in [7, 11) is 0. The summed E-state index contributed by atoms with van der Waals surface area (Å²) < 4.78 is 0. The Morgan fingerprint density at radius 3 is 2.00 bits per heavy atom. The number of urea groups is 1. The second kappa shape index (κ2) is 8.15. The van der Waals surface area contributed by atoms with Crippen LogP contribution in [-0.4, -0.2) is 16.8 Å². The molecule has 4 rings (SSSR count). The largest absolute Gasteiger partial charge is 0.325 e. The highest BCUT2D eigenvalue weighted by molar-refractivity contribution is 6.07. The Kier molecular flexibility index (Phi) is 5.40. The average Bonchev–Trinajstić information content (AvgIpc) is 3.00. The number of benzene rings is 3. The fourth-order valence-corrected chi connectivity index (χ4v) is 4.00. The van der Waals surface area contributed by atoms with E-state index in [2.05, 4.69) is 31.3 Å². The summed E-state index contributed by atoms with van der Waals surface area (Å²) in [5.74, 6) is 0.225. The predicted octanol–water partition coefficient (Wildman–Crippen LogP) is 5.00. The summed E-state index contributed by atoms with van der Waals surface area (Å²) in [6.45, 7) is 4.54. The maximum atomic E-state index is 13.7. The van der Waals surface area contributed by atoms with Crippen LogP contribution in [0.2, 0.25) is 0 Å². The van der Waals surface area contributed by atoms with Gasteiger partial charge in [-0.1, -0.05) is 98.8 Å². The van der Waals surface area contributed by atoms with E-state index < -0.39 is 5.54 Å². The Bertz CT molecular complexity index is 1030. The van der Waals surface area contributed by atoms with Crippen LogP contribution in [0.1, 0.15) is 42.0 Å². The van der Waals surface area contributed by atoms with Crippen molar-refractivity contribution in [3.8, 4) is 0 Å². The molecular weight excluding hydrogens is 372 g/mol. The number of hydrogen-bond acceptors (Lipinski definition) is 2. The maximum absolute atomic E-state index is 13.7. The summed E-state index contributed by atoms with van der Waals surface area (Å²) in [6, 6.07) is 27.1. The Labute approximate surface area is 177 Å². The minimum absolute atomic E-state index is 0.213. The normalized spacial score (nSPS) is 18.7. The smallest absolute Gasteiger partial charge is 0.319 e. The molecule has 1 saturated heterocycles. The van der Waals surface area contributed by atoms with Gasteiger partial charge in [-0.05, 0) is 28.2 Å². The monoisotopic (exact) mass is 398 g/mol. The summed E-state index contributed by atoms with van der Waals surface area (Å²) in [5, 5.41) is 3.02. The summed E-state index contributed by atoms with van der Waals surface area (Å²) in [4.78, 5) is 27.9. The molecule has 1 N–H and O–H groups in total. The highest BCUT2D eigenvalue weighted by Gasteiger charge is 2.52. The first-order valence-electron chi connectivity index (χ1n) is 10.3. The Balaban J connectivity index is 1.67. The van der Waals surface area contributed by atoms with Crippen molar-refractivity contribution in [3.63, 3.8) is 0 Å². The molecule has 1 heterocycles. The zero-order valence-electron chi connectivity index (χ0n) is 17.3. The first-order chi connectivity index (χ1) is 14.5. The van der Waals surface area contributed by atoms with Crippen LogP contribution in [0.3, 0.4) is 0 Å². The van der Waals surface area contributed by atoms with Gasteiger partial charge >= 0.3 is 6.03 Å².